The van der Waals surface area contributed by atoms with Crippen LogP contribution in [0.15, 0.2) is 48.5 Å². The molecule has 2 aromatic carbocycles. The van der Waals surface area contributed by atoms with E-state index in [-0.39, 0.29) is 24.1 Å². The van der Waals surface area contributed by atoms with Crippen LogP contribution in [0.1, 0.15) is 24.2 Å². The monoisotopic (exact) mass is 391 g/mol. The standard InChI is InChI=1S/C20H23F2N3O3/c1-3-25(4-2)19(27)14-5-7-16(8-6-14)24-18(26)13-23-15-9-11-17(12-10-15)28-20(21)22/h5-12,20,23H,3-4,13H2,1-2H3,(H,24,26). The Balaban J connectivity index is 1.85. The molecule has 0 spiro atoms. The third kappa shape index (κ3) is 6.22. The fourth-order valence-corrected chi connectivity index (χ4v) is 2.53. The van der Waals surface area contributed by atoms with Crippen LogP contribution in [-0.2, 0) is 4.79 Å². The van der Waals surface area contributed by atoms with E-state index in [2.05, 4.69) is 15.4 Å². The highest BCUT2D eigenvalue weighted by atomic mass is 19.3. The largest absolute Gasteiger partial charge is 0.435 e. The van der Waals surface area contributed by atoms with Crippen molar-refractivity contribution in [1.29, 1.82) is 0 Å². The van der Waals surface area contributed by atoms with Crippen LogP contribution in [-0.4, -0.2) is 43.0 Å². The maximum Gasteiger partial charge on any atom is 0.387 e. The van der Waals surface area contributed by atoms with Gasteiger partial charge in [0.1, 0.15) is 5.75 Å². The summed E-state index contributed by atoms with van der Waals surface area (Å²) >= 11 is 0. The van der Waals surface area contributed by atoms with Gasteiger partial charge in [0.2, 0.25) is 5.91 Å². The smallest absolute Gasteiger partial charge is 0.387 e. The normalized spacial score (nSPS) is 10.5. The third-order valence-corrected chi connectivity index (χ3v) is 4.00. The van der Waals surface area contributed by atoms with Gasteiger partial charge in [-0.15, -0.1) is 0 Å². The number of hydrogen-bond donors (Lipinski definition) is 2. The lowest BCUT2D eigenvalue weighted by Crippen LogP contribution is -2.30. The fraction of sp³-hybridized carbons (Fsp3) is 0.300. The molecule has 0 saturated carbocycles. The molecule has 0 aliphatic heterocycles. The lowest BCUT2D eigenvalue weighted by atomic mass is 10.1. The number of ether oxygens (including phenoxy) is 1. The summed E-state index contributed by atoms with van der Waals surface area (Å²) < 4.78 is 28.5. The van der Waals surface area contributed by atoms with Crippen LogP contribution in [0.4, 0.5) is 20.2 Å². The molecule has 0 radical (unpaired) electrons. The van der Waals surface area contributed by atoms with Crippen molar-refractivity contribution in [2.45, 2.75) is 20.5 Å². The van der Waals surface area contributed by atoms with E-state index in [1.807, 2.05) is 13.8 Å². The molecule has 6 nitrogen and oxygen atoms in total. The van der Waals surface area contributed by atoms with Crippen LogP contribution in [0.25, 0.3) is 0 Å². The zero-order chi connectivity index (χ0) is 20.5. The average molecular weight is 391 g/mol. The molecule has 0 atom stereocenters. The maximum atomic E-state index is 12.3. The van der Waals surface area contributed by atoms with Gasteiger partial charge in [-0.3, -0.25) is 9.59 Å². The van der Waals surface area contributed by atoms with Crippen molar-refractivity contribution in [3.05, 3.63) is 54.1 Å². The zero-order valence-electron chi connectivity index (χ0n) is 15.7. The van der Waals surface area contributed by atoms with Gasteiger partial charge in [-0.25, -0.2) is 0 Å². The van der Waals surface area contributed by atoms with Crippen molar-refractivity contribution in [3.8, 4) is 5.75 Å². The zero-order valence-corrected chi connectivity index (χ0v) is 15.7. The quantitative estimate of drug-likeness (QED) is 0.682. The molecule has 0 heterocycles. The van der Waals surface area contributed by atoms with E-state index in [9.17, 15) is 18.4 Å². The Morgan fingerprint density at radius 1 is 0.964 bits per heavy atom. The van der Waals surface area contributed by atoms with Crippen LogP contribution < -0.4 is 15.4 Å². The van der Waals surface area contributed by atoms with Crippen molar-refractivity contribution in [2.24, 2.45) is 0 Å². The Hall–Kier alpha value is -3.16. The van der Waals surface area contributed by atoms with E-state index in [4.69, 9.17) is 0 Å². The second kappa shape index (κ2) is 10.2. The Kier molecular flexibility index (Phi) is 7.74. The molecule has 2 aromatic rings. The van der Waals surface area contributed by atoms with E-state index in [1.54, 1.807) is 41.3 Å². The van der Waals surface area contributed by atoms with Gasteiger partial charge in [-0.2, -0.15) is 8.78 Å². The molecule has 0 saturated heterocycles. The highest BCUT2D eigenvalue weighted by Crippen LogP contribution is 2.17. The number of hydrogen-bond acceptors (Lipinski definition) is 4. The first kappa shape index (κ1) is 21.1. The fourth-order valence-electron chi connectivity index (χ4n) is 2.53. The van der Waals surface area contributed by atoms with Crippen molar-refractivity contribution >= 4 is 23.2 Å². The van der Waals surface area contributed by atoms with Gasteiger partial charge in [-0.05, 0) is 62.4 Å². The highest BCUT2D eigenvalue weighted by molar-refractivity contribution is 5.96. The number of nitrogens with one attached hydrogen (secondary N) is 2. The van der Waals surface area contributed by atoms with Crippen LogP contribution in [0.3, 0.4) is 0 Å². The second-order valence-electron chi connectivity index (χ2n) is 5.86. The Labute approximate surface area is 162 Å². The minimum atomic E-state index is -2.88. The molecule has 2 amide bonds. The first-order valence-electron chi connectivity index (χ1n) is 8.90. The van der Waals surface area contributed by atoms with E-state index >= 15 is 0 Å². The number of anilines is 2. The van der Waals surface area contributed by atoms with Gasteiger partial charge < -0.3 is 20.3 Å². The summed E-state index contributed by atoms with van der Waals surface area (Å²) in [6.07, 6.45) is 0. The minimum Gasteiger partial charge on any atom is -0.435 e. The number of halogens is 2. The second-order valence-corrected chi connectivity index (χ2v) is 5.86. The number of amides is 2. The molecule has 0 bridgehead atoms. The summed E-state index contributed by atoms with van der Waals surface area (Å²) in [6.45, 7) is 2.22. The number of rotatable bonds is 9. The van der Waals surface area contributed by atoms with Crippen LogP contribution in [0.5, 0.6) is 5.75 Å². The van der Waals surface area contributed by atoms with Gasteiger partial charge in [0.25, 0.3) is 5.91 Å². The minimum absolute atomic E-state index is 0.00478. The van der Waals surface area contributed by atoms with E-state index < -0.39 is 6.61 Å². The summed E-state index contributed by atoms with van der Waals surface area (Å²) in [7, 11) is 0. The van der Waals surface area contributed by atoms with Crippen LogP contribution in [0.2, 0.25) is 0 Å². The van der Waals surface area contributed by atoms with Crippen molar-refractivity contribution in [2.75, 3.05) is 30.3 Å². The first-order valence-corrected chi connectivity index (χ1v) is 8.90. The van der Waals surface area contributed by atoms with Crippen LogP contribution in [0, 0.1) is 0 Å². The molecule has 28 heavy (non-hydrogen) atoms. The molecule has 0 aliphatic carbocycles. The molecular formula is C20H23F2N3O3. The van der Waals surface area contributed by atoms with Gasteiger partial charge >= 0.3 is 6.61 Å². The number of carbonyl (C=O) groups is 2. The molecule has 2 N–H and O–H groups in total. The Bertz CT molecular complexity index is 776. The van der Waals surface area contributed by atoms with Crippen molar-refractivity contribution in [3.63, 3.8) is 0 Å². The molecule has 0 aliphatic rings. The summed E-state index contributed by atoms with van der Waals surface area (Å²) in [5.74, 6) is -0.288. The summed E-state index contributed by atoms with van der Waals surface area (Å²) in [5, 5.41) is 5.61. The third-order valence-electron chi connectivity index (χ3n) is 4.00. The number of benzene rings is 2. The highest BCUT2D eigenvalue weighted by Gasteiger charge is 2.12. The average Bonchev–Trinajstić information content (AvgIpc) is 2.68. The molecular weight excluding hydrogens is 368 g/mol. The molecule has 8 heteroatoms. The van der Waals surface area contributed by atoms with E-state index in [0.29, 0.717) is 30.0 Å². The predicted octanol–water partition coefficient (Wildman–Crippen LogP) is 3.82. The number of nitrogens with zero attached hydrogens (tertiary/aromatic N) is 1. The van der Waals surface area contributed by atoms with E-state index in [1.165, 1.54) is 12.1 Å². The van der Waals surface area contributed by atoms with Gasteiger partial charge in [-0.1, -0.05) is 0 Å². The lowest BCUT2D eigenvalue weighted by molar-refractivity contribution is -0.114. The van der Waals surface area contributed by atoms with Gasteiger partial charge in [0.15, 0.2) is 0 Å². The summed E-state index contributed by atoms with van der Waals surface area (Å²) in [4.78, 5) is 26.0. The van der Waals surface area contributed by atoms with Gasteiger partial charge in [0.05, 0.1) is 6.54 Å². The SMILES string of the molecule is CCN(CC)C(=O)c1ccc(NC(=O)CNc2ccc(OC(F)F)cc2)cc1. The van der Waals surface area contributed by atoms with Gasteiger partial charge in [0, 0.05) is 30.0 Å². The molecule has 150 valence electrons. The number of alkyl halides is 2. The van der Waals surface area contributed by atoms with Crippen LogP contribution >= 0.6 is 0 Å². The van der Waals surface area contributed by atoms with Crippen molar-refractivity contribution < 1.29 is 23.1 Å². The Morgan fingerprint density at radius 2 is 1.54 bits per heavy atom. The number of carbonyl (C=O) groups excluding carboxylic acids is 2. The Morgan fingerprint density at radius 3 is 2.07 bits per heavy atom. The van der Waals surface area contributed by atoms with Crippen molar-refractivity contribution in [1.82, 2.24) is 4.90 Å². The maximum absolute atomic E-state index is 12.3. The molecule has 2 rings (SSSR count). The summed E-state index contributed by atoms with van der Waals surface area (Å²) in [5.41, 5.74) is 1.73. The molecule has 0 fully saturated rings. The lowest BCUT2D eigenvalue weighted by Gasteiger charge is -2.18. The topological polar surface area (TPSA) is 70.7 Å². The molecule has 0 unspecified atom stereocenters. The predicted molar refractivity (Wildman–Crippen MR) is 104 cm³/mol. The summed E-state index contributed by atoms with van der Waals surface area (Å²) in [6, 6.07) is 12.5. The first-order chi connectivity index (χ1) is 13.4. The molecule has 0 aromatic heterocycles. The van der Waals surface area contributed by atoms with E-state index in [0.717, 1.165) is 0 Å².